The first-order valence-corrected chi connectivity index (χ1v) is 6.50. The lowest BCUT2D eigenvalue weighted by molar-refractivity contribution is -0.0510. The van der Waals surface area contributed by atoms with Crippen molar-refractivity contribution in [3.8, 4) is 0 Å². The molecule has 0 bridgehead atoms. The molecule has 1 fully saturated rings. The molecule has 0 heterocycles. The van der Waals surface area contributed by atoms with Gasteiger partial charge in [-0.25, -0.2) is 4.79 Å². The molecule has 0 amide bonds. The Morgan fingerprint density at radius 2 is 2.16 bits per heavy atom. The first kappa shape index (κ1) is 13.9. The number of carbonyl (C=O) groups is 1. The van der Waals surface area contributed by atoms with Crippen LogP contribution in [-0.2, 0) is 4.74 Å². The quantitative estimate of drug-likeness (QED) is 0.822. The Balaban J connectivity index is 2.24. The molecule has 0 aliphatic heterocycles. The number of esters is 1. The summed E-state index contributed by atoms with van der Waals surface area (Å²) in [5.41, 5.74) is 2.14. The van der Waals surface area contributed by atoms with Crippen molar-refractivity contribution >= 4 is 11.7 Å². The summed E-state index contributed by atoms with van der Waals surface area (Å²) in [6.07, 6.45) is 0.402. The molecule has 19 heavy (non-hydrogen) atoms. The summed E-state index contributed by atoms with van der Waals surface area (Å²) in [4.78, 5) is 11.8. The maximum absolute atomic E-state index is 11.8. The molecule has 4 heteroatoms. The van der Waals surface area contributed by atoms with E-state index in [1.165, 1.54) is 7.11 Å². The van der Waals surface area contributed by atoms with Crippen LogP contribution in [0.1, 0.15) is 36.2 Å². The summed E-state index contributed by atoms with van der Waals surface area (Å²) in [6, 6.07) is 5.82. The number of hydrogen-bond donors (Lipinski definition) is 2. The molecular weight excluding hydrogens is 242 g/mol. The highest BCUT2D eigenvalue weighted by atomic mass is 16.5. The zero-order valence-electron chi connectivity index (χ0n) is 11.9. The molecule has 2 unspecified atom stereocenters. The number of carbonyl (C=O) groups excluding carboxylic acids is 1. The summed E-state index contributed by atoms with van der Waals surface area (Å²) < 4.78 is 4.81. The van der Waals surface area contributed by atoms with Gasteiger partial charge in [0.1, 0.15) is 0 Å². The Kier molecular flexibility index (Phi) is 3.54. The molecule has 2 N–H and O–H groups in total. The van der Waals surface area contributed by atoms with Gasteiger partial charge >= 0.3 is 5.97 Å². The van der Waals surface area contributed by atoms with Crippen LogP contribution in [0.15, 0.2) is 18.2 Å². The monoisotopic (exact) mass is 263 g/mol. The Hall–Kier alpha value is -1.55. The van der Waals surface area contributed by atoms with Gasteiger partial charge in [-0.3, -0.25) is 0 Å². The normalized spacial score (nSPS) is 24.5. The maximum atomic E-state index is 11.8. The van der Waals surface area contributed by atoms with Crippen LogP contribution < -0.4 is 5.32 Å². The highest BCUT2D eigenvalue weighted by molar-refractivity contribution is 5.95. The molecule has 0 spiro atoms. The van der Waals surface area contributed by atoms with E-state index in [2.05, 4.69) is 5.32 Å². The Labute approximate surface area is 113 Å². The Morgan fingerprint density at radius 3 is 2.68 bits per heavy atom. The van der Waals surface area contributed by atoms with Crippen molar-refractivity contribution in [2.45, 2.75) is 39.3 Å². The van der Waals surface area contributed by atoms with Crippen molar-refractivity contribution in [2.24, 2.45) is 5.41 Å². The van der Waals surface area contributed by atoms with Gasteiger partial charge in [0.15, 0.2) is 0 Å². The fourth-order valence-electron chi connectivity index (χ4n) is 2.40. The van der Waals surface area contributed by atoms with Gasteiger partial charge in [-0.15, -0.1) is 0 Å². The molecule has 104 valence electrons. The highest BCUT2D eigenvalue weighted by Gasteiger charge is 2.47. The average Bonchev–Trinajstić information content (AvgIpc) is 2.39. The van der Waals surface area contributed by atoms with E-state index in [9.17, 15) is 9.90 Å². The molecule has 1 aliphatic rings. The maximum Gasteiger partial charge on any atom is 0.339 e. The minimum Gasteiger partial charge on any atom is -0.465 e. The van der Waals surface area contributed by atoms with Crippen molar-refractivity contribution in [3.63, 3.8) is 0 Å². The van der Waals surface area contributed by atoms with E-state index >= 15 is 0 Å². The van der Waals surface area contributed by atoms with Crippen LogP contribution in [0.5, 0.6) is 0 Å². The van der Waals surface area contributed by atoms with Crippen LogP contribution in [0.3, 0.4) is 0 Å². The van der Waals surface area contributed by atoms with Gasteiger partial charge in [-0.1, -0.05) is 25.5 Å². The third-order valence-corrected chi connectivity index (χ3v) is 4.13. The molecular formula is C15H21NO3. The molecule has 1 aliphatic carbocycles. The minimum absolute atomic E-state index is 0.161. The molecule has 2 rings (SSSR count). The summed E-state index contributed by atoms with van der Waals surface area (Å²) in [5, 5.41) is 13.1. The topological polar surface area (TPSA) is 58.6 Å². The van der Waals surface area contributed by atoms with Crippen molar-refractivity contribution < 1.29 is 14.6 Å². The summed E-state index contributed by atoms with van der Waals surface area (Å²) >= 11 is 0. The SMILES string of the molecule is COC(=O)c1cc(C)ccc1NC1CC(O)C1(C)C. The molecule has 4 nitrogen and oxygen atoms in total. The lowest BCUT2D eigenvalue weighted by Gasteiger charge is -2.50. The van der Waals surface area contributed by atoms with Crippen molar-refractivity contribution in [1.29, 1.82) is 0 Å². The number of aliphatic hydroxyl groups excluding tert-OH is 1. The Bertz CT molecular complexity index is 496. The van der Waals surface area contributed by atoms with E-state index in [4.69, 9.17) is 4.74 Å². The van der Waals surface area contributed by atoms with Gasteiger partial charge in [0.05, 0.1) is 18.8 Å². The smallest absolute Gasteiger partial charge is 0.339 e. The zero-order valence-corrected chi connectivity index (χ0v) is 11.9. The molecule has 0 aromatic heterocycles. The third-order valence-electron chi connectivity index (χ3n) is 4.13. The summed E-state index contributed by atoms with van der Waals surface area (Å²) in [5.74, 6) is -0.344. The number of hydrogen-bond acceptors (Lipinski definition) is 4. The molecule has 0 radical (unpaired) electrons. The number of benzene rings is 1. The number of nitrogens with one attached hydrogen (secondary N) is 1. The summed E-state index contributed by atoms with van der Waals surface area (Å²) in [7, 11) is 1.38. The van der Waals surface area contributed by atoms with Crippen molar-refractivity contribution in [2.75, 3.05) is 12.4 Å². The first-order valence-electron chi connectivity index (χ1n) is 6.50. The minimum atomic E-state index is -0.344. The van der Waals surface area contributed by atoms with Crippen molar-refractivity contribution in [1.82, 2.24) is 0 Å². The van der Waals surface area contributed by atoms with Crippen LogP contribution in [0.25, 0.3) is 0 Å². The lowest BCUT2D eigenvalue weighted by atomic mass is 9.64. The fourth-order valence-corrected chi connectivity index (χ4v) is 2.40. The van der Waals surface area contributed by atoms with Gasteiger partial charge in [-0.05, 0) is 25.5 Å². The van der Waals surface area contributed by atoms with Crippen LogP contribution in [-0.4, -0.2) is 30.3 Å². The largest absolute Gasteiger partial charge is 0.465 e. The third kappa shape index (κ3) is 2.45. The number of aryl methyl sites for hydroxylation is 1. The predicted molar refractivity (Wildman–Crippen MR) is 74.3 cm³/mol. The van der Waals surface area contributed by atoms with E-state index in [0.29, 0.717) is 12.0 Å². The lowest BCUT2D eigenvalue weighted by Crippen LogP contribution is -2.57. The standard InChI is InChI=1S/C15H21NO3/c1-9-5-6-11(10(7-9)14(18)19-4)16-12-8-13(17)15(12,2)3/h5-7,12-13,16-17H,8H2,1-4H3. The Morgan fingerprint density at radius 1 is 1.47 bits per heavy atom. The number of aliphatic hydroxyl groups is 1. The first-order chi connectivity index (χ1) is 8.86. The molecule has 1 aromatic rings. The van der Waals surface area contributed by atoms with Gasteiger partial charge in [-0.2, -0.15) is 0 Å². The summed E-state index contributed by atoms with van der Waals surface area (Å²) in [6.45, 7) is 5.98. The second kappa shape index (κ2) is 4.85. The number of rotatable bonds is 3. The van der Waals surface area contributed by atoms with E-state index in [1.807, 2.05) is 39.0 Å². The highest BCUT2D eigenvalue weighted by Crippen LogP contribution is 2.42. The number of ether oxygens (including phenoxy) is 1. The molecule has 1 saturated carbocycles. The fraction of sp³-hybridized carbons (Fsp3) is 0.533. The van der Waals surface area contributed by atoms with Crippen molar-refractivity contribution in [3.05, 3.63) is 29.3 Å². The zero-order chi connectivity index (χ0) is 14.2. The van der Waals surface area contributed by atoms with Crippen LogP contribution >= 0.6 is 0 Å². The van der Waals surface area contributed by atoms with Gasteiger partial charge in [0.2, 0.25) is 0 Å². The second-order valence-electron chi connectivity index (χ2n) is 5.81. The average molecular weight is 263 g/mol. The van der Waals surface area contributed by atoms with Gasteiger partial charge < -0.3 is 15.2 Å². The van der Waals surface area contributed by atoms with E-state index < -0.39 is 0 Å². The van der Waals surface area contributed by atoms with Crippen LogP contribution in [0, 0.1) is 12.3 Å². The van der Waals surface area contributed by atoms with Crippen LogP contribution in [0.2, 0.25) is 0 Å². The second-order valence-corrected chi connectivity index (χ2v) is 5.81. The number of anilines is 1. The molecule has 2 atom stereocenters. The molecule has 1 aromatic carbocycles. The van der Waals surface area contributed by atoms with E-state index in [1.54, 1.807) is 0 Å². The van der Waals surface area contributed by atoms with E-state index in [-0.39, 0.29) is 23.5 Å². The number of methoxy groups -OCH3 is 1. The van der Waals surface area contributed by atoms with Gasteiger partial charge in [0, 0.05) is 17.1 Å². The van der Waals surface area contributed by atoms with Gasteiger partial charge in [0.25, 0.3) is 0 Å². The predicted octanol–water partition coefficient (Wildman–Crippen LogP) is 2.35. The molecule has 0 saturated heterocycles. The van der Waals surface area contributed by atoms with E-state index in [0.717, 1.165) is 11.3 Å². The van der Waals surface area contributed by atoms with Crippen LogP contribution in [0.4, 0.5) is 5.69 Å².